The third-order valence-electron chi connectivity index (χ3n) is 2.34. The predicted octanol–water partition coefficient (Wildman–Crippen LogP) is 1.59. The molecule has 0 radical (unpaired) electrons. The van der Waals surface area contributed by atoms with Crippen molar-refractivity contribution in [2.45, 2.75) is 33.2 Å². The van der Waals surface area contributed by atoms with Crippen LogP contribution in [0.4, 0.5) is 0 Å². The van der Waals surface area contributed by atoms with Gasteiger partial charge in [0.1, 0.15) is 0 Å². The normalized spacial score (nSPS) is 23.4. The van der Waals surface area contributed by atoms with Gasteiger partial charge in [-0.25, -0.2) is 8.57 Å². The highest BCUT2D eigenvalue weighted by Crippen LogP contribution is 2.14. The summed E-state index contributed by atoms with van der Waals surface area (Å²) in [6.45, 7) is 11.1. The largest absolute Gasteiger partial charge is 0.302 e. The summed E-state index contributed by atoms with van der Waals surface area (Å²) in [5, 5.41) is 0. The summed E-state index contributed by atoms with van der Waals surface area (Å²) >= 11 is 0. The molecule has 0 bridgehead atoms. The summed E-state index contributed by atoms with van der Waals surface area (Å²) < 4.78 is 16.8. The lowest BCUT2D eigenvalue weighted by Gasteiger charge is -2.29. The van der Waals surface area contributed by atoms with Crippen molar-refractivity contribution < 1.29 is 4.21 Å². The zero-order chi connectivity index (χ0) is 10.8. The Labute approximate surface area is 88.1 Å². The molecule has 0 aromatic rings. The fourth-order valence-electron chi connectivity index (χ4n) is 1.66. The Morgan fingerprint density at radius 1 is 1.29 bits per heavy atom. The Balaban J connectivity index is 2.72. The van der Waals surface area contributed by atoms with Crippen LogP contribution in [0.25, 0.3) is 0 Å². The molecule has 0 N–H and O–H groups in total. The highest BCUT2D eigenvalue weighted by atomic mass is 32.2. The van der Waals surface area contributed by atoms with E-state index in [1.807, 2.05) is 20.8 Å². The van der Waals surface area contributed by atoms with Gasteiger partial charge in [0, 0.05) is 34.3 Å². The molecule has 3 nitrogen and oxygen atoms in total. The zero-order valence-corrected chi connectivity index (χ0v) is 10.6. The minimum atomic E-state index is -1.91. The molecule has 0 saturated carbocycles. The molecule has 0 aliphatic carbocycles. The maximum absolute atomic E-state index is 12.3. The van der Waals surface area contributed by atoms with Crippen molar-refractivity contribution >= 4 is 9.73 Å². The smallest absolute Gasteiger partial charge is 0.0618 e. The second kappa shape index (κ2) is 4.19. The molecule has 4 heteroatoms. The van der Waals surface area contributed by atoms with Crippen LogP contribution in [0.5, 0.6) is 0 Å². The van der Waals surface area contributed by atoms with Gasteiger partial charge < -0.3 is 4.90 Å². The van der Waals surface area contributed by atoms with Crippen LogP contribution >= 0.6 is 0 Å². The van der Waals surface area contributed by atoms with Crippen LogP contribution in [0.1, 0.15) is 27.7 Å². The molecule has 1 aliphatic rings. The Morgan fingerprint density at radius 2 is 1.79 bits per heavy atom. The van der Waals surface area contributed by atoms with Gasteiger partial charge in [-0.2, -0.15) is 0 Å². The summed E-state index contributed by atoms with van der Waals surface area (Å²) in [5.74, 6) is 1.50. The van der Waals surface area contributed by atoms with Crippen molar-refractivity contribution in [1.29, 1.82) is 0 Å². The summed E-state index contributed by atoms with van der Waals surface area (Å²) in [6.07, 6.45) is 0. The molecule has 14 heavy (non-hydrogen) atoms. The van der Waals surface area contributed by atoms with E-state index in [1.165, 1.54) is 0 Å². The minimum absolute atomic E-state index is 0.161. The molecule has 1 aliphatic heterocycles. The van der Waals surface area contributed by atoms with Crippen LogP contribution in [0.3, 0.4) is 0 Å². The molecule has 0 aromatic heterocycles. The van der Waals surface area contributed by atoms with Gasteiger partial charge in [0.05, 0.1) is 5.54 Å². The van der Waals surface area contributed by atoms with E-state index in [1.54, 1.807) is 0 Å². The van der Waals surface area contributed by atoms with Crippen molar-refractivity contribution in [2.24, 2.45) is 4.36 Å². The van der Waals surface area contributed by atoms with E-state index in [4.69, 9.17) is 0 Å². The third kappa shape index (κ3) is 3.58. The second-order valence-corrected chi connectivity index (χ2v) is 7.42. The number of rotatable bonds is 1. The molecule has 84 valence electrons. The first-order valence-corrected chi connectivity index (χ1v) is 7.16. The van der Waals surface area contributed by atoms with Crippen molar-refractivity contribution in [2.75, 3.05) is 31.1 Å². The lowest BCUT2D eigenvalue weighted by molar-refractivity contribution is 0.314. The SMILES string of the molecule is CCN1CCS(=O)(=NC(C)(C)C)CC1. The maximum atomic E-state index is 12.3. The van der Waals surface area contributed by atoms with E-state index in [-0.39, 0.29) is 5.54 Å². The predicted molar refractivity (Wildman–Crippen MR) is 62.2 cm³/mol. The standard InChI is InChI=1S/C10H22N2OS/c1-5-12-6-8-14(13,9-7-12)11-10(2,3)4/h5-9H2,1-4H3. The van der Waals surface area contributed by atoms with Gasteiger partial charge in [-0.3, -0.25) is 0 Å². The number of hydrogen-bond donors (Lipinski definition) is 0. The molecule has 0 spiro atoms. The van der Waals surface area contributed by atoms with Gasteiger partial charge in [0.15, 0.2) is 0 Å². The fraction of sp³-hybridized carbons (Fsp3) is 1.00. The molecular formula is C10H22N2OS. The van der Waals surface area contributed by atoms with Crippen LogP contribution in [0, 0.1) is 0 Å². The summed E-state index contributed by atoms with van der Waals surface area (Å²) in [6, 6.07) is 0. The highest BCUT2D eigenvalue weighted by molar-refractivity contribution is 7.93. The Kier molecular flexibility index (Phi) is 3.58. The molecule has 1 saturated heterocycles. The first kappa shape index (κ1) is 12.0. The number of nitrogens with zero attached hydrogens (tertiary/aromatic N) is 2. The first-order chi connectivity index (χ1) is 6.35. The van der Waals surface area contributed by atoms with E-state index in [0.29, 0.717) is 0 Å². The van der Waals surface area contributed by atoms with E-state index in [9.17, 15) is 4.21 Å². The summed E-state index contributed by atoms with van der Waals surface area (Å²) in [7, 11) is -1.91. The van der Waals surface area contributed by atoms with Crippen LogP contribution in [-0.4, -0.2) is 45.8 Å². The van der Waals surface area contributed by atoms with Crippen LogP contribution < -0.4 is 0 Å². The molecular weight excluding hydrogens is 196 g/mol. The van der Waals surface area contributed by atoms with E-state index in [2.05, 4.69) is 16.2 Å². The maximum Gasteiger partial charge on any atom is 0.0618 e. The molecule has 1 rings (SSSR count). The lowest BCUT2D eigenvalue weighted by Crippen LogP contribution is -2.40. The minimum Gasteiger partial charge on any atom is -0.302 e. The van der Waals surface area contributed by atoms with Crippen LogP contribution in [-0.2, 0) is 9.73 Å². The van der Waals surface area contributed by atoms with Gasteiger partial charge in [0.25, 0.3) is 0 Å². The molecule has 0 amide bonds. The van der Waals surface area contributed by atoms with E-state index in [0.717, 1.165) is 31.1 Å². The molecule has 1 fully saturated rings. The quantitative estimate of drug-likeness (QED) is 0.669. The van der Waals surface area contributed by atoms with Gasteiger partial charge in [-0.1, -0.05) is 6.92 Å². The monoisotopic (exact) mass is 218 g/mol. The van der Waals surface area contributed by atoms with Gasteiger partial charge in [0.2, 0.25) is 0 Å². The zero-order valence-electron chi connectivity index (χ0n) is 9.75. The highest BCUT2D eigenvalue weighted by Gasteiger charge is 2.21. The van der Waals surface area contributed by atoms with Crippen LogP contribution in [0.2, 0.25) is 0 Å². The van der Waals surface area contributed by atoms with E-state index < -0.39 is 9.73 Å². The van der Waals surface area contributed by atoms with Crippen LogP contribution in [0.15, 0.2) is 4.36 Å². The van der Waals surface area contributed by atoms with Crippen molar-refractivity contribution in [3.63, 3.8) is 0 Å². The third-order valence-corrected chi connectivity index (χ3v) is 4.86. The second-order valence-electron chi connectivity index (χ2n) is 4.88. The average molecular weight is 218 g/mol. The first-order valence-electron chi connectivity index (χ1n) is 5.31. The Bertz CT molecular complexity index is 284. The van der Waals surface area contributed by atoms with Crippen molar-refractivity contribution in [3.8, 4) is 0 Å². The summed E-state index contributed by atoms with van der Waals surface area (Å²) in [5.41, 5.74) is -0.161. The Morgan fingerprint density at radius 3 is 2.14 bits per heavy atom. The van der Waals surface area contributed by atoms with E-state index >= 15 is 0 Å². The lowest BCUT2D eigenvalue weighted by atomic mass is 10.1. The topological polar surface area (TPSA) is 32.7 Å². The molecule has 0 atom stereocenters. The van der Waals surface area contributed by atoms with Gasteiger partial charge >= 0.3 is 0 Å². The summed E-state index contributed by atoms with van der Waals surface area (Å²) in [4.78, 5) is 2.33. The number of hydrogen-bond acceptors (Lipinski definition) is 3. The fourth-order valence-corrected chi connectivity index (χ4v) is 4.14. The molecule has 1 heterocycles. The van der Waals surface area contributed by atoms with Gasteiger partial charge in [-0.15, -0.1) is 0 Å². The van der Waals surface area contributed by atoms with Gasteiger partial charge in [-0.05, 0) is 27.3 Å². The van der Waals surface area contributed by atoms with Crippen molar-refractivity contribution in [1.82, 2.24) is 4.90 Å². The molecule has 0 unspecified atom stereocenters. The molecule has 0 aromatic carbocycles. The van der Waals surface area contributed by atoms with Crippen molar-refractivity contribution in [3.05, 3.63) is 0 Å². The average Bonchev–Trinajstić information content (AvgIpc) is 2.01. The Hall–Kier alpha value is -0.0900.